The van der Waals surface area contributed by atoms with Gasteiger partial charge in [0.2, 0.25) is 0 Å². The van der Waals surface area contributed by atoms with Crippen molar-refractivity contribution in [2.75, 3.05) is 19.6 Å². The number of hydrogen-bond acceptors (Lipinski definition) is 5. The van der Waals surface area contributed by atoms with Crippen LogP contribution in [0.2, 0.25) is 0 Å². The van der Waals surface area contributed by atoms with Crippen LogP contribution in [0.3, 0.4) is 0 Å². The molecule has 1 saturated heterocycles. The first-order chi connectivity index (χ1) is 18.0. The van der Waals surface area contributed by atoms with Crippen LogP contribution in [0.1, 0.15) is 74.7 Å². The molecular formula is C31H35N5O. The topological polar surface area (TPSA) is 74.8 Å². The molecule has 2 aromatic heterocycles. The number of nitrogens with zero attached hydrogens (tertiary/aromatic N) is 5. The number of pyridine rings is 1. The Kier molecular flexibility index (Phi) is 6.20. The predicted octanol–water partition coefficient (Wildman–Crippen LogP) is 5.18. The summed E-state index contributed by atoms with van der Waals surface area (Å²) in [7, 11) is 0. The molecule has 1 saturated carbocycles. The summed E-state index contributed by atoms with van der Waals surface area (Å²) in [6.07, 6.45) is 11.6. The molecule has 3 aliphatic rings. The molecule has 1 aromatic carbocycles. The summed E-state index contributed by atoms with van der Waals surface area (Å²) in [6.45, 7) is 4.84. The number of piperidine rings is 1. The maximum atomic E-state index is 13.8. The van der Waals surface area contributed by atoms with E-state index in [2.05, 4.69) is 47.1 Å². The molecule has 6 nitrogen and oxygen atoms in total. The molecule has 3 aromatic rings. The summed E-state index contributed by atoms with van der Waals surface area (Å²) in [4.78, 5) is 25.7. The quantitative estimate of drug-likeness (QED) is 0.501. The number of likely N-dealkylation sites (tertiary alicyclic amines) is 1. The number of fused-ring (bicyclic) bond motifs is 3. The zero-order valence-electron chi connectivity index (χ0n) is 21.7. The average Bonchev–Trinajstić information content (AvgIpc) is 2.95. The third-order valence-corrected chi connectivity index (χ3v) is 9.11. The van der Waals surface area contributed by atoms with E-state index in [9.17, 15) is 10.1 Å². The van der Waals surface area contributed by atoms with Gasteiger partial charge in [-0.25, -0.2) is 4.98 Å². The van der Waals surface area contributed by atoms with E-state index in [4.69, 9.17) is 4.98 Å². The zero-order chi connectivity index (χ0) is 25.5. The molecule has 0 spiro atoms. The SMILES string of the molecule is CC1(CN2CCC(C#N)(c3ccccn3)CC2)Cc2c(ncn(C3CCCCC3)c2=O)-c2ccccc21. The first-order valence-corrected chi connectivity index (χ1v) is 13.8. The van der Waals surface area contributed by atoms with Gasteiger partial charge in [0, 0.05) is 48.4 Å². The van der Waals surface area contributed by atoms with E-state index >= 15 is 0 Å². The Balaban J connectivity index is 1.29. The Morgan fingerprint density at radius 2 is 1.78 bits per heavy atom. The van der Waals surface area contributed by atoms with Crippen LogP contribution in [0.15, 0.2) is 59.8 Å². The average molecular weight is 494 g/mol. The van der Waals surface area contributed by atoms with E-state index in [1.165, 1.54) is 24.8 Å². The van der Waals surface area contributed by atoms with Gasteiger partial charge in [0.1, 0.15) is 5.41 Å². The van der Waals surface area contributed by atoms with E-state index in [0.29, 0.717) is 6.42 Å². The monoisotopic (exact) mass is 493 g/mol. The molecule has 0 amide bonds. The van der Waals surface area contributed by atoms with Gasteiger partial charge in [-0.05, 0) is 49.8 Å². The van der Waals surface area contributed by atoms with Crippen LogP contribution in [-0.4, -0.2) is 39.1 Å². The highest BCUT2D eigenvalue weighted by atomic mass is 16.1. The second-order valence-corrected chi connectivity index (χ2v) is 11.5. The summed E-state index contributed by atoms with van der Waals surface area (Å²) in [5.41, 5.74) is 4.40. The molecule has 2 fully saturated rings. The standard InChI is InChI=1S/C31H35N5O/c1-30(21-35-17-14-31(20-32,15-18-35)27-13-7-8-16-33-27)19-25-28(24-11-5-6-12-26(24)30)34-22-36(29(25)37)23-9-3-2-4-10-23/h5-8,11-13,16,22-23H,2-4,9-10,14-15,17-19,21H2,1H3. The number of hydrogen-bond donors (Lipinski definition) is 0. The van der Waals surface area contributed by atoms with E-state index in [0.717, 1.165) is 67.8 Å². The van der Waals surface area contributed by atoms with Crippen molar-refractivity contribution < 1.29 is 0 Å². The third kappa shape index (κ3) is 4.20. The highest BCUT2D eigenvalue weighted by molar-refractivity contribution is 5.71. The fourth-order valence-electron chi connectivity index (χ4n) is 7.02. The van der Waals surface area contributed by atoms with Crippen LogP contribution in [0.4, 0.5) is 0 Å². The van der Waals surface area contributed by atoms with Gasteiger partial charge < -0.3 is 4.90 Å². The van der Waals surface area contributed by atoms with Gasteiger partial charge in [-0.3, -0.25) is 14.3 Å². The van der Waals surface area contributed by atoms with Crippen molar-refractivity contribution in [2.45, 2.75) is 75.2 Å². The molecule has 0 N–H and O–H groups in total. The minimum absolute atomic E-state index is 0.148. The maximum absolute atomic E-state index is 13.8. The van der Waals surface area contributed by atoms with E-state index in [1.54, 1.807) is 12.5 Å². The Morgan fingerprint density at radius 1 is 1.03 bits per heavy atom. The summed E-state index contributed by atoms with van der Waals surface area (Å²) in [6, 6.07) is 17.2. The Morgan fingerprint density at radius 3 is 2.51 bits per heavy atom. The van der Waals surface area contributed by atoms with Crippen LogP contribution >= 0.6 is 0 Å². The highest BCUT2D eigenvalue weighted by Crippen LogP contribution is 2.43. The minimum atomic E-state index is -0.520. The maximum Gasteiger partial charge on any atom is 0.257 e. The summed E-state index contributed by atoms with van der Waals surface area (Å²) in [5, 5.41) is 10.1. The van der Waals surface area contributed by atoms with E-state index < -0.39 is 5.41 Å². The molecule has 1 aliphatic heterocycles. The summed E-state index contributed by atoms with van der Waals surface area (Å²) < 4.78 is 1.93. The van der Waals surface area contributed by atoms with Crippen molar-refractivity contribution in [1.82, 2.24) is 19.4 Å². The smallest absolute Gasteiger partial charge is 0.257 e. The first-order valence-electron chi connectivity index (χ1n) is 13.8. The molecule has 0 radical (unpaired) electrons. The van der Waals surface area contributed by atoms with Crippen molar-refractivity contribution in [3.63, 3.8) is 0 Å². The Labute approximate surface area is 219 Å². The van der Waals surface area contributed by atoms with Gasteiger partial charge in [0.25, 0.3) is 5.56 Å². The van der Waals surface area contributed by atoms with Gasteiger partial charge >= 0.3 is 0 Å². The molecule has 0 bridgehead atoms. The van der Waals surface area contributed by atoms with Gasteiger partial charge in [0.15, 0.2) is 0 Å². The molecule has 6 heteroatoms. The van der Waals surface area contributed by atoms with E-state index in [-0.39, 0.29) is 17.0 Å². The van der Waals surface area contributed by atoms with Gasteiger partial charge in [-0.1, -0.05) is 56.5 Å². The largest absolute Gasteiger partial charge is 0.302 e. The number of aromatic nitrogens is 3. The molecule has 6 rings (SSSR count). The molecule has 1 unspecified atom stereocenters. The Bertz CT molecular complexity index is 1380. The van der Waals surface area contributed by atoms with Crippen LogP contribution in [0, 0.1) is 11.3 Å². The summed E-state index contributed by atoms with van der Waals surface area (Å²) >= 11 is 0. The Hall–Kier alpha value is -3.30. The lowest BCUT2D eigenvalue weighted by Gasteiger charge is -2.44. The van der Waals surface area contributed by atoms with Crippen molar-refractivity contribution in [3.8, 4) is 17.3 Å². The second kappa shape index (κ2) is 9.54. The molecule has 37 heavy (non-hydrogen) atoms. The van der Waals surface area contributed by atoms with Crippen LogP contribution < -0.4 is 5.56 Å². The minimum Gasteiger partial charge on any atom is -0.302 e. The normalized spacial score (nSPS) is 23.6. The van der Waals surface area contributed by atoms with Crippen LogP contribution in [0.5, 0.6) is 0 Å². The second-order valence-electron chi connectivity index (χ2n) is 11.5. The van der Waals surface area contributed by atoms with Crippen molar-refractivity contribution in [1.29, 1.82) is 5.26 Å². The fraction of sp³-hybridized carbons (Fsp3) is 0.484. The molecular weight excluding hydrogens is 458 g/mol. The fourth-order valence-corrected chi connectivity index (χ4v) is 7.02. The number of nitriles is 1. The number of rotatable bonds is 4. The van der Waals surface area contributed by atoms with Gasteiger partial charge in [-0.15, -0.1) is 0 Å². The molecule has 1 atom stereocenters. The van der Waals surface area contributed by atoms with Gasteiger partial charge in [0.05, 0.1) is 23.8 Å². The van der Waals surface area contributed by atoms with Crippen molar-refractivity contribution >= 4 is 0 Å². The van der Waals surface area contributed by atoms with Crippen LogP contribution in [-0.2, 0) is 17.3 Å². The predicted molar refractivity (Wildman–Crippen MR) is 144 cm³/mol. The van der Waals surface area contributed by atoms with Crippen molar-refractivity contribution in [2.24, 2.45) is 0 Å². The third-order valence-electron chi connectivity index (χ3n) is 9.11. The van der Waals surface area contributed by atoms with E-state index in [1.807, 2.05) is 22.8 Å². The van der Waals surface area contributed by atoms with Crippen LogP contribution in [0.25, 0.3) is 11.3 Å². The lowest BCUT2D eigenvalue weighted by atomic mass is 9.69. The first kappa shape index (κ1) is 24.1. The zero-order valence-corrected chi connectivity index (χ0v) is 21.7. The molecule has 3 heterocycles. The lowest BCUT2D eigenvalue weighted by Crippen LogP contribution is -2.49. The molecule has 190 valence electrons. The lowest BCUT2D eigenvalue weighted by molar-refractivity contribution is 0.149. The number of benzene rings is 1. The molecule has 2 aliphatic carbocycles. The highest BCUT2D eigenvalue weighted by Gasteiger charge is 2.42. The van der Waals surface area contributed by atoms with Crippen molar-refractivity contribution in [3.05, 3.63) is 82.2 Å². The summed E-state index contributed by atoms with van der Waals surface area (Å²) in [5.74, 6) is 0. The van der Waals surface area contributed by atoms with Gasteiger partial charge in [-0.2, -0.15) is 5.26 Å².